The van der Waals surface area contributed by atoms with Gasteiger partial charge in [-0.2, -0.15) is 5.26 Å². The normalized spacial score (nSPS) is 12.0. The zero-order chi connectivity index (χ0) is 17.5. The number of alkyl halides is 1. The number of nitrogens with zero attached hydrogens (tertiary/aromatic N) is 1. The van der Waals surface area contributed by atoms with Crippen LogP contribution < -0.4 is 10.6 Å². The van der Waals surface area contributed by atoms with Crippen molar-refractivity contribution in [2.75, 3.05) is 18.6 Å². The molecular formula is C14H16ClN3O4S. The van der Waals surface area contributed by atoms with E-state index in [1.165, 1.54) is 12.1 Å². The maximum Gasteiger partial charge on any atom is 0.251 e. The molecular weight excluding hydrogens is 342 g/mol. The van der Waals surface area contributed by atoms with Crippen LogP contribution >= 0.6 is 11.6 Å². The van der Waals surface area contributed by atoms with Gasteiger partial charge in [0.1, 0.15) is 22.4 Å². The van der Waals surface area contributed by atoms with Gasteiger partial charge in [-0.05, 0) is 17.7 Å². The molecule has 1 rings (SSSR count). The molecule has 0 aliphatic rings. The number of carbonyl (C=O) groups excluding carboxylic acids is 2. The SMILES string of the molecule is CS(=O)(=O)CC(NC(=O)c1ccc(CCl)cc1)C(=O)NCC#N. The lowest BCUT2D eigenvalue weighted by Gasteiger charge is -2.17. The molecule has 1 unspecified atom stereocenters. The summed E-state index contributed by atoms with van der Waals surface area (Å²) in [6.07, 6.45) is 0.957. The number of amides is 2. The number of nitrogens with one attached hydrogen (secondary N) is 2. The largest absolute Gasteiger partial charge is 0.341 e. The Morgan fingerprint density at radius 1 is 1.30 bits per heavy atom. The third kappa shape index (κ3) is 6.67. The van der Waals surface area contributed by atoms with Crippen LogP contribution in [0, 0.1) is 11.3 Å². The molecule has 1 aromatic rings. The Labute approximate surface area is 139 Å². The molecule has 0 saturated heterocycles. The fraction of sp³-hybridized carbons (Fsp3) is 0.357. The molecule has 0 spiro atoms. The van der Waals surface area contributed by atoms with Crippen LogP contribution in [0.3, 0.4) is 0 Å². The molecule has 0 bridgehead atoms. The average Bonchev–Trinajstić information content (AvgIpc) is 2.50. The highest BCUT2D eigenvalue weighted by Crippen LogP contribution is 2.07. The van der Waals surface area contributed by atoms with E-state index in [0.717, 1.165) is 11.8 Å². The van der Waals surface area contributed by atoms with Crippen LogP contribution in [0.2, 0.25) is 0 Å². The third-order valence-corrected chi connectivity index (χ3v) is 4.05. The van der Waals surface area contributed by atoms with Gasteiger partial charge in [-0.15, -0.1) is 11.6 Å². The minimum Gasteiger partial charge on any atom is -0.341 e. The zero-order valence-corrected chi connectivity index (χ0v) is 13.9. The van der Waals surface area contributed by atoms with Gasteiger partial charge in [-0.1, -0.05) is 12.1 Å². The molecule has 0 heterocycles. The summed E-state index contributed by atoms with van der Waals surface area (Å²) < 4.78 is 22.8. The van der Waals surface area contributed by atoms with Gasteiger partial charge < -0.3 is 10.6 Å². The number of benzene rings is 1. The van der Waals surface area contributed by atoms with Crippen LogP contribution in [0.25, 0.3) is 0 Å². The fourth-order valence-corrected chi connectivity index (χ4v) is 2.74. The molecule has 0 aliphatic heterocycles. The van der Waals surface area contributed by atoms with E-state index in [2.05, 4.69) is 10.6 Å². The number of nitriles is 1. The molecule has 1 atom stereocenters. The summed E-state index contributed by atoms with van der Waals surface area (Å²) >= 11 is 5.66. The third-order valence-electron chi connectivity index (χ3n) is 2.80. The van der Waals surface area contributed by atoms with Crippen molar-refractivity contribution in [2.24, 2.45) is 0 Å². The predicted octanol–water partition coefficient (Wildman–Crippen LogP) is 0.208. The number of halogens is 1. The van der Waals surface area contributed by atoms with Gasteiger partial charge in [-0.3, -0.25) is 9.59 Å². The van der Waals surface area contributed by atoms with E-state index in [-0.39, 0.29) is 12.1 Å². The lowest BCUT2D eigenvalue weighted by atomic mass is 10.1. The van der Waals surface area contributed by atoms with Crippen molar-refractivity contribution in [1.29, 1.82) is 5.26 Å². The Morgan fingerprint density at radius 3 is 2.39 bits per heavy atom. The smallest absolute Gasteiger partial charge is 0.251 e. The summed E-state index contributed by atoms with van der Waals surface area (Å²) in [4.78, 5) is 24.0. The van der Waals surface area contributed by atoms with E-state index in [9.17, 15) is 18.0 Å². The first-order chi connectivity index (χ1) is 10.8. The maximum absolute atomic E-state index is 12.1. The quantitative estimate of drug-likeness (QED) is 0.534. The summed E-state index contributed by atoms with van der Waals surface area (Å²) in [5, 5.41) is 13.1. The highest BCUT2D eigenvalue weighted by atomic mass is 35.5. The monoisotopic (exact) mass is 357 g/mol. The van der Waals surface area contributed by atoms with Crippen molar-refractivity contribution in [3.05, 3.63) is 35.4 Å². The fourth-order valence-electron chi connectivity index (χ4n) is 1.72. The molecule has 0 radical (unpaired) electrons. The first-order valence-corrected chi connectivity index (χ1v) is 9.14. The van der Waals surface area contributed by atoms with Crippen LogP contribution in [-0.2, 0) is 20.5 Å². The lowest BCUT2D eigenvalue weighted by Crippen LogP contribution is -2.50. The Bertz CT molecular complexity index is 711. The topological polar surface area (TPSA) is 116 Å². The molecule has 0 aliphatic carbocycles. The van der Waals surface area contributed by atoms with Gasteiger partial charge in [0.25, 0.3) is 5.91 Å². The second kappa shape index (κ2) is 8.50. The van der Waals surface area contributed by atoms with Crippen molar-refractivity contribution in [2.45, 2.75) is 11.9 Å². The second-order valence-corrected chi connectivity index (χ2v) is 7.28. The zero-order valence-electron chi connectivity index (χ0n) is 12.4. The predicted molar refractivity (Wildman–Crippen MR) is 85.6 cm³/mol. The lowest BCUT2D eigenvalue weighted by molar-refractivity contribution is -0.122. The van der Waals surface area contributed by atoms with E-state index in [1.807, 2.05) is 0 Å². The second-order valence-electron chi connectivity index (χ2n) is 4.82. The van der Waals surface area contributed by atoms with Crippen LogP contribution in [0.4, 0.5) is 0 Å². The Kier molecular flexibility index (Phi) is 7.00. The minimum atomic E-state index is -3.51. The minimum absolute atomic E-state index is 0.269. The molecule has 1 aromatic carbocycles. The van der Waals surface area contributed by atoms with Crippen LogP contribution in [0.5, 0.6) is 0 Å². The van der Waals surface area contributed by atoms with Crippen LogP contribution in [0.1, 0.15) is 15.9 Å². The molecule has 124 valence electrons. The number of carbonyl (C=O) groups is 2. The first-order valence-electron chi connectivity index (χ1n) is 6.55. The van der Waals surface area contributed by atoms with Crippen LogP contribution in [-0.4, -0.2) is 44.8 Å². The van der Waals surface area contributed by atoms with Gasteiger partial charge in [0.2, 0.25) is 5.91 Å². The van der Waals surface area contributed by atoms with Gasteiger partial charge in [0.05, 0.1) is 11.8 Å². The van der Waals surface area contributed by atoms with Gasteiger partial charge >= 0.3 is 0 Å². The van der Waals surface area contributed by atoms with E-state index < -0.39 is 33.4 Å². The molecule has 0 saturated carbocycles. The van der Waals surface area contributed by atoms with Gasteiger partial charge in [0, 0.05) is 17.7 Å². The maximum atomic E-state index is 12.1. The van der Waals surface area contributed by atoms with E-state index >= 15 is 0 Å². The average molecular weight is 358 g/mol. The molecule has 0 aromatic heterocycles. The molecule has 2 amide bonds. The standard InChI is InChI=1S/C14H16ClN3O4S/c1-23(21,22)9-12(14(20)17-7-6-16)18-13(19)11-4-2-10(8-15)3-5-11/h2-5,12H,7-9H2,1H3,(H,17,20)(H,18,19). The summed E-state index contributed by atoms with van der Waals surface area (Å²) in [7, 11) is -3.51. The van der Waals surface area contributed by atoms with E-state index in [4.69, 9.17) is 16.9 Å². The molecule has 0 fully saturated rings. The van der Waals surface area contributed by atoms with Crippen molar-refractivity contribution in [3.8, 4) is 6.07 Å². The number of sulfone groups is 1. The Morgan fingerprint density at radius 2 is 1.91 bits per heavy atom. The highest BCUT2D eigenvalue weighted by molar-refractivity contribution is 7.90. The Balaban J connectivity index is 2.87. The molecule has 9 heteroatoms. The highest BCUT2D eigenvalue weighted by Gasteiger charge is 2.25. The van der Waals surface area contributed by atoms with E-state index in [0.29, 0.717) is 5.88 Å². The summed E-state index contributed by atoms with van der Waals surface area (Å²) in [6.45, 7) is -0.278. The van der Waals surface area contributed by atoms with Crippen molar-refractivity contribution >= 4 is 33.3 Å². The molecule has 2 N–H and O–H groups in total. The molecule has 23 heavy (non-hydrogen) atoms. The number of hydrogen-bond acceptors (Lipinski definition) is 5. The van der Waals surface area contributed by atoms with E-state index in [1.54, 1.807) is 18.2 Å². The first kappa shape index (κ1) is 18.9. The summed E-state index contributed by atoms with van der Waals surface area (Å²) in [5.41, 5.74) is 1.09. The summed E-state index contributed by atoms with van der Waals surface area (Å²) in [6, 6.07) is 6.79. The van der Waals surface area contributed by atoms with Crippen LogP contribution in [0.15, 0.2) is 24.3 Å². The number of hydrogen-bond donors (Lipinski definition) is 2. The van der Waals surface area contributed by atoms with Crippen molar-refractivity contribution in [1.82, 2.24) is 10.6 Å². The number of rotatable bonds is 7. The summed E-state index contributed by atoms with van der Waals surface area (Å²) in [5.74, 6) is -1.58. The van der Waals surface area contributed by atoms with Crippen molar-refractivity contribution < 1.29 is 18.0 Å². The molecule has 7 nitrogen and oxygen atoms in total. The van der Waals surface area contributed by atoms with Gasteiger partial charge in [0.15, 0.2) is 0 Å². The van der Waals surface area contributed by atoms with Crippen molar-refractivity contribution in [3.63, 3.8) is 0 Å². The Hall–Kier alpha value is -2.11. The van der Waals surface area contributed by atoms with Gasteiger partial charge in [-0.25, -0.2) is 8.42 Å².